The quantitative estimate of drug-likeness (QED) is 0.929. The van der Waals surface area contributed by atoms with Gasteiger partial charge in [-0.25, -0.2) is 9.59 Å². The van der Waals surface area contributed by atoms with E-state index in [0.29, 0.717) is 12.5 Å². The van der Waals surface area contributed by atoms with Gasteiger partial charge in [-0.05, 0) is 30.2 Å². The first kappa shape index (κ1) is 15.8. The van der Waals surface area contributed by atoms with Crippen LogP contribution in [0.1, 0.15) is 37.7 Å². The van der Waals surface area contributed by atoms with E-state index in [0.717, 1.165) is 31.2 Å². The summed E-state index contributed by atoms with van der Waals surface area (Å²) >= 11 is 0. The Morgan fingerprint density at radius 3 is 2.61 bits per heavy atom. The van der Waals surface area contributed by atoms with Crippen LogP contribution in [0.25, 0.3) is 0 Å². The van der Waals surface area contributed by atoms with Gasteiger partial charge >= 0.3 is 12.1 Å². The number of fused-ring (bicyclic) bond motifs is 1. The van der Waals surface area contributed by atoms with Crippen LogP contribution in [0.3, 0.4) is 0 Å². The summed E-state index contributed by atoms with van der Waals surface area (Å²) in [4.78, 5) is 25.6. The third-order valence-corrected chi connectivity index (χ3v) is 5.14. The van der Waals surface area contributed by atoms with Gasteiger partial charge < -0.3 is 9.84 Å². The molecule has 124 valence electrons. The number of nitrogens with zero attached hydrogens (tertiary/aromatic N) is 1. The van der Waals surface area contributed by atoms with Gasteiger partial charge in [0.15, 0.2) is 0 Å². The van der Waals surface area contributed by atoms with Crippen molar-refractivity contribution < 1.29 is 19.4 Å². The molecule has 0 radical (unpaired) electrons. The lowest BCUT2D eigenvalue weighted by molar-refractivity contribution is -0.148. The summed E-state index contributed by atoms with van der Waals surface area (Å²) in [6, 6.07) is 8.70. The molecule has 1 aliphatic carbocycles. The fourth-order valence-corrected chi connectivity index (χ4v) is 4.01. The number of hydrogen-bond acceptors (Lipinski definition) is 3. The summed E-state index contributed by atoms with van der Waals surface area (Å²) in [5.41, 5.74) is 0.903. The Labute approximate surface area is 136 Å². The summed E-state index contributed by atoms with van der Waals surface area (Å²) < 4.78 is 5.35. The van der Waals surface area contributed by atoms with Crippen molar-refractivity contribution in [3.63, 3.8) is 0 Å². The topological polar surface area (TPSA) is 66.8 Å². The number of hydrogen-bond donors (Lipinski definition) is 1. The second-order valence-corrected chi connectivity index (χ2v) is 6.51. The molecule has 5 heteroatoms. The molecule has 1 aromatic rings. The van der Waals surface area contributed by atoms with Crippen molar-refractivity contribution in [2.45, 2.75) is 44.8 Å². The zero-order valence-electron chi connectivity index (χ0n) is 13.2. The van der Waals surface area contributed by atoms with Crippen molar-refractivity contribution in [1.29, 1.82) is 0 Å². The number of rotatable bonds is 3. The van der Waals surface area contributed by atoms with Gasteiger partial charge in [0.05, 0.1) is 0 Å². The van der Waals surface area contributed by atoms with Gasteiger partial charge in [0, 0.05) is 6.54 Å². The molecule has 3 atom stereocenters. The van der Waals surface area contributed by atoms with Crippen molar-refractivity contribution >= 4 is 12.1 Å². The van der Waals surface area contributed by atoms with Crippen LogP contribution in [0, 0.1) is 11.8 Å². The zero-order valence-corrected chi connectivity index (χ0v) is 13.2. The number of benzene rings is 1. The number of carboxylic acids is 1. The molecule has 1 aromatic carbocycles. The molecule has 1 amide bonds. The molecule has 2 fully saturated rings. The van der Waals surface area contributed by atoms with Gasteiger partial charge in [0.2, 0.25) is 0 Å². The van der Waals surface area contributed by atoms with Crippen LogP contribution in [0.5, 0.6) is 0 Å². The van der Waals surface area contributed by atoms with Crippen molar-refractivity contribution in [3.05, 3.63) is 35.9 Å². The Morgan fingerprint density at radius 1 is 1.13 bits per heavy atom. The summed E-state index contributed by atoms with van der Waals surface area (Å²) in [6.45, 7) is 0.655. The predicted octanol–water partition coefficient (Wildman–Crippen LogP) is 3.29. The van der Waals surface area contributed by atoms with Crippen LogP contribution < -0.4 is 0 Å². The summed E-state index contributed by atoms with van der Waals surface area (Å²) in [6.07, 6.45) is 4.58. The number of amides is 1. The molecule has 23 heavy (non-hydrogen) atoms. The van der Waals surface area contributed by atoms with E-state index in [1.807, 2.05) is 30.3 Å². The van der Waals surface area contributed by atoms with Gasteiger partial charge in [0.1, 0.15) is 12.6 Å². The van der Waals surface area contributed by atoms with Crippen LogP contribution in [0.4, 0.5) is 4.79 Å². The van der Waals surface area contributed by atoms with Crippen molar-refractivity contribution in [1.82, 2.24) is 4.90 Å². The van der Waals surface area contributed by atoms with Gasteiger partial charge in [-0.1, -0.05) is 49.6 Å². The van der Waals surface area contributed by atoms with Gasteiger partial charge in [-0.2, -0.15) is 0 Å². The summed E-state index contributed by atoms with van der Waals surface area (Å²) in [5, 5.41) is 9.63. The molecule has 1 saturated heterocycles. The van der Waals surface area contributed by atoms with Crippen LogP contribution in [-0.2, 0) is 16.1 Å². The first-order chi connectivity index (χ1) is 11.2. The lowest BCUT2D eigenvalue weighted by atomic mass is 9.71. The fraction of sp³-hybridized carbons (Fsp3) is 0.556. The molecule has 0 spiro atoms. The Kier molecular flexibility index (Phi) is 4.84. The Bertz CT molecular complexity index is 559. The van der Waals surface area contributed by atoms with E-state index in [-0.39, 0.29) is 12.5 Å². The van der Waals surface area contributed by atoms with E-state index in [2.05, 4.69) is 0 Å². The zero-order chi connectivity index (χ0) is 16.2. The van der Waals surface area contributed by atoms with Crippen LogP contribution in [0.2, 0.25) is 0 Å². The number of carbonyl (C=O) groups is 2. The minimum Gasteiger partial charge on any atom is -0.480 e. The molecule has 1 aliphatic heterocycles. The second-order valence-electron chi connectivity index (χ2n) is 6.51. The largest absolute Gasteiger partial charge is 0.480 e. The maximum absolute atomic E-state index is 12.4. The lowest BCUT2D eigenvalue weighted by Crippen LogP contribution is -2.56. The molecule has 0 bridgehead atoms. The Hall–Kier alpha value is -2.04. The van der Waals surface area contributed by atoms with Gasteiger partial charge in [-0.3, -0.25) is 4.90 Å². The normalized spacial score (nSPS) is 27.1. The monoisotopic (exact) mass is 317 g/mol. The smallest absolute Gasteiger partial charge is 0.410 e. The third-order valence-electron chi connectivity index (χ3n) is 5.14. The van der Waals surface area contributed by atoms with E-state index in [9.17, 15) is 14.7 Å². The van der Waals surface area contributed by atoms with Crippen LogP contribution in [0.15, 0.2) is 30.3 Å². The van der Waals surface area contributed by atoms with E-state index < -0.39 is 18.1 Å². The van der Waals surface area contributed by atoms with Crippen LogP contribution in [-0.4, -0.2) is 34.7 Å². The highest BCUT2D eigenvalue weighted by Crippen LogP contribution is 2.40. The molecule has 1 heterocycles. The molecule has 5 nitrogen and oxygen atoms in total. The summed E-state index contributed by atoms with van der Waals surface area (Å²) in [5.74, 6) is -0.402. The highest BCUT2D eigenvalue weighted by Gasteiger charge is 2.45. The Balaban J connectivity index is 1.67. The molecule has 3 unspecified atom stereocenters. The molecule has 3 rings (SSSR count). The molecular weight excluding hydrogens is 294 g/mol. The average Bonchev–Trinajstić information content (AvgIpc) is 2.59. The first-order valence-corrected chi connectivity index (χ1v) is 8.37. The lowest BCUT2D eigenvalue weighted by Gasteiger charge is -2.45. The minimum absolute atomic E-state index is 0.0688. The van der Waals surface area contributed by atoms with Gasteiger partial charge in [-0.15, -0.1) is 0 Å². The third kappa shape index (κ3) is 3.49. The number of piperidine rings is 1. The second kappa shape index (κ2) is 7.02. The minimum atomic E-state index is -0.904. The standard InChI is InChI=1S/C18H23NO4/c20-17(21)16-15-9-5-4-8-14(15)10-11-19(16)18(22)23-12-13-6-2-1-3-7-13/h1-3,6-7,14-16H,4-5,8-12H2,(H,20,21). The van der Waals surface area contributed by atoms with Crippen molar-refractivity contribution in [3.8, 4) is 0 Å². The summed E-state index contributed by atoms with van der Waals surface area (Å²) in [7, 11) is 0. The molecule has 1 saturated carbocycles. The number of carbonyl (C=O) groups excluding carboxylic acids is 1. The number of likely N-dealkylation sites (tertiary alicyclic amines) is 1. The SMILES string of the molecule is O=C(O)C1C2CCCCC2CCN1C(=O)OCc1ccccc1. The molecule has 0 aromatic heterocycles. The fourth-order valence-electron chi connectivity index (χ4n) is 4.01. The number of carboxylic acid groups (broad SMARTS) is 1. The molecular formula is C18H23NO4. The Morgan fingerprint density at radius 2 is 1.87 bits per heavy atom. The highest BCUT2D eigenvalue weighted by molar-refractivity contribution is 5.80. The number of aliphatic carboxylic acids is 1. The van der Waals surface area contributed by atoms with E-state index in [4.69, 9.17) is 4.74 Å². The highest BCUT2D eigenvalue weighted by atomic mass is 16.6. The average molecular weight is 317 g/mol. The maximum atomic E-state index is 12.4. The van der Waals surface area contributed by atoms with Crippen molar-refractivity contribution in [2.24, 2.45) is 11.8 Å². The molecule has 1 N–H and O–H groups in total. The van der Waals surface area contributed by atoms with Gasteiger partial charge in [0.25, 0.3) is 0 Å². The van der Waals surface area contributed by atoms with E-state index >= 15 is 0 Å². The molecule has 2 aliphatic rings. The first-order valence-electron chi connectivity index (χ1n) is 8.37. The van der Waals surface area contributed by atoms with E-state index in [1.54, 1.807) is 0 Å². The predicted molar refractivity (Wildman–Crippen MR) is 84.8 cm³/mol. The van der Waals surface area contributed by atoms with E-state index in [1.165, 1.54) is 11.3 Å². The van der Waals surface area contributed by atoms with Crippen LogP contribution >= 0.6 is 0 Å². The number of ether oxygens (including phenoxy) is 1. The van der Waals surface area contributed by atoms with Crippen molar-refractivity contribution in [2.75, 3.05) is 6.54 Å². The maximum Gasteiger partial charge on any atom is 0.410 e.